The summed E-state index contributed by atoms with van der Waals surface area (Å²) in [7, 11) is 0.473. The van der Waals surface area contributed by atoms with Gasteiger partial charge in [0.25, 0.3) is 0 Å². The molecular formula is C16H20N2O3S. The quantitative estimate of drug-likeness (QED) is 0.926. The lowest BCUT2D eigenvalue weighted by Gasteiger charge is -2.17. The summed E-state index contributed by atoms with van der Waals surface area (Å²) in [6.45, 7) is 3.95. The van der Waals surface area contributed by atoms with Gasteiger partial charge in [0, 0.05) is 18.6 Å². The summed E-state index contributed by atoms with van der Waals surface area (Å²) in [4.78, 5) is 12.0. The topological polar surface area (TPSA) is 67.8 Å². The molecule has 1 aromatic carbocycles. The van der Waals surface area contributed by atoms with Crippen LogP contribution in [0.15, 0.2) is 34.3 Å². The molecule has 118 valence electrons. The summed E-state index contributed by atoms with van der Waals surface area (Å²) in [5.74, 6) is 0.643. The fraction of sp³-hybridized carbons (Fsp3) is 0.375. The Labute approximate surface area is 132 Å². The number of nitrogens with one attached hydrogen (secondary N) is 1. The maximum absolute atomic E-state index is 11.7. The van der Waals surface area contributed by atoms with Crippen LogP contribution in [-0.4, -0.2) is 29.2 Å². The fourth-order valence-electron chi connectivity index (χ4n) is 2.30. The van der Waals surface area contributed by atoms with Crippen LogP contribution in [0.1, 0.15) is 25.8 Å². The molecule has 1 aliphatic heterocycles. The van der Waals surface area contributed by atoms with E-state index in [1.165, 1.54) is 0 Å². The van der Waals surface area contributed by atoms with Crippen LogP contribution in [0.5, 0.6) is 5.75 Å². The minimum atomic E-state index is -1.09. The predicted octanol–water partition coefficient (Wildman–Crippen LogP) is 2.35. The summed E-state index contributed by atoms with van der Waals surface area (Å²) in [6, 6.07) is 5.60. The first kappa shape index (κ1) is 16.4. The van der Waals surface area contributed by atoms with E-state index < -0.39 is 10.8 Å². The SMILES string of the molecule is COc1cc(C(C)=CC2=NNC(=O)CC2C)ccc1S(C)=O. The maximum atomic E-state index is 11.7. The van der Waals surface area contributed by atoms with E-state index >= 15 is 0 Å². The van der Waals surface area contributed by atoms with Gasteiger partial charge in [-0.25, -0.2) is 5.43 Å². The Hall–Kier alpha value is -1.95. The van der Waals surface area contributed by atoms with Gasteiger partial charge < -0.3 is 4.74 Å². The minimum absolute atomic E-state index is 0.0567. The zero-order valence-corrected chi connectivity index (χ0v) is 14.0. The van der Waals surface area contributed by atoms with Gasteiger partial charge in [-0.2, -0.15) is 5.10 Å². The lowest BCUT2D eigenvalue weighted by molar-refractivity contribution is -0.121. The van der Waals surface area contributed by atoms with Crippen LogP contribution in [0.25, 0.3) is 5.57 Å². The number of methoxy groups -OCH3 is 1. The Morgan fingerprint density at radius 3 is 2.82 bits per heavy atom. The van der Waals surface area contributed by atoms with Crippen molar-refractivity contribution in [2.45, 2.75) is 25.2 Å². The van der Waals surface area contributed by atoms with Crippen molar-refractivity contribution >= 4 is 28.0 Å². The Morgan fingerprint density at radius 2 is 2.23 bits per heavy atom. The summed E-state index contributed by atoms with van der Waals surface area (Å²) < 4.78 is 17.0. The highest BCUT2D eigenvalue weighted by atomic mass is 32.2. The molecule has 1 N–H and O–H groups in total. The lowest BCUT2D eigenvalue weighted by Crippen LogP contribution is -2.30. The van der Waals surface area contributed by atoms with E-state index in [4.69, 9.17) is 4.74 Å². The lowest BCUT2D eigenvalue weighted by atomic mass is 9.96. The second-order valence-electron chi connectivity index (χ2n) is 5.32. The van der Waals surface area contributed by atoms with Gasteiger partial charge in [0.05, 0.1) is 28.5 Å². The molecule has 2 unspecified atom stereocenters. The molecule has 0 aliphatic carbocycles. The van der Waals surface area contributed by atoms with Crippen LogP contribution in [-0.2, 0) is 15.6 Å². The molecule has 2 rings (SSSR count). The second kappa shape index (κ2) is 6.87. The number of hydrazone groups is 1. The highest BCUT2D eigenvalue weighted by Crippen LogP contribution is 2.27. The Bertz CT molecular complexity index is 680. The van der Waals surface area contributed by atoms with E-state index in [1.54, 1.807) is 13.4 Å². The summed E-state index contributed by atoms with van der Waals surface area (Å²) in [6.07, 6.45) is 4.03. The van der Waals surface area contributed by atoms with Gasteiger partial charge in [0.15, 0.2) is 0 Å². The summed E-state index contributed by atoms with van der Waals surface area (Å²) in [5.41, 5.74) is 5.33. The van der Waals surface area contributed by atoms with Crippen molar-refractivity contribution in [1.29, 1.82) is 0 Å². The molecule has 0 fully saturated rings. The van der Waals surface area contributed by atoms with Crippen molar-refractivity contribution < 1.29 is 13.7 Å². The van der Waals surface area contributed by atoms with E-state index in [2.05, 4.69) is 10.5 Å². The van der Waals surface area contributed by atoms with Crippen molar-refractivity contribution in [3.63, 3.8) is 0 Å². The van der Waals surface area contributed by atoms with E-state index in [-0.39, 0.29) is 11.8 Å². The molecular weight excluding hydrogens is 300 g/mol. The number of benzene rings is 1. The first-order valence-electron chi connectivity index (χ1n) is 6.99. The van der Waals surface area contributed by atoms with Crippen molar-refractivity contribution in [1.82, 2.24) is 5.43 Å². The Balaban J connectivity index is 2.33. The third-order valence-electron chi connectivity index (χ3n) is 3.60. The van der Waals surface area contributed by atoms with Gasteiger partial charge in [0.2, 0.25) is 5.91 Å². The van der Waals surface area contributed by atoms with Crippen LogP contribution in [0.2, 0.25) is 0 Å². The van der Waals surface area contributed by atoms with E-state index in [1.807, 2.05) is 38.1 Å². The van der Waals surface area contributed by atoms with Crippen LogP contribution in [0.3, 0.4) is 0 Å². The molecule has 0 spiro atoms. The molecule has 0 aromatic heterocycles. The van der Waals surface area contributed by atoms with Crippen molar-refractivity contribution in [3.8, 4) is 5.75 Å². The van der Waals surface area contributed by atoms with Gasteiger partial charge >= 0.3 is 0 Å². The first-order chi connectivity index (χ1) is 10.4. The van der Waals surface area contributed by atoms with Gasteiger partial charge in [0.1, 0.15) is 5.75 Å². The average molecular weight is 320 g/mol. The van der Waals surface area contributed by atoms with Gasteiger partial charge in [-0.1, -0.05) is 13.0 Å². The van der Waals surface area contributed by atoms with Crippen molar-refractivity contribution in [3.05, 3.63) is 29.8 Å². The first-order valence-corrected chi connectivity index (χ1v) is 8.54. The normalized spacial score (nSPS) is 20.2. The van der Waals surface area contributed by atoms with Crippen LogP contribution >= 0.6 is 0 Å². The fourth-order valence-corrected chi connectivity index (χ4v) is 2.98. The number of amides is 1. The van der Waals surface area contributed by atoms with Crippen molar-refractivity contribution in [2.24, 2.45) is 11.0 Å². The molecule has 1 aliphatic rings. The van der Waals surface area contributed by atoms with Crippen LogP contribution < -0.4 is 10.2 Å². The number of allylic oxidation sites excluding steroid dienone is 2. The number of carbonyl (C=O) groups is 1. The molecule has 2 atom stereocenters. The minimum Gasteiger partial charge on any atom is -0.495 e. The average Bonchev–Trinajstić information content (AvgIpc) is 2.49. The Morgan fingerprint density at radius 1 is 1.50 bits per heavy atom. The van der Waals surface area contributed by atoms with E-state index in [0.717, 1.165) is 16.8 Å². The van der Waals surface area contributed by atoms with Crippen LogP contribution in [0, 0.1) is 5.92 Å². The number of hydrogen-bond acceptors (Lipinski definition) is 4. The zero-order chi connectivity index (χ0) is 16.3. The molecule has 0 radical (unpaired) electrons. The number of carbonyl (C=O) groups excluding carboxylic acids is 1. The van der Waals surface area contributed by atoms with Gasteiger partial charge in [-0.15, -0.1) is 0 Å². The maximum Gasteiger partial charge on any atom is 0.240 e. The molecule has 22 heavy (non-hydrogen) atoms. The van der Waals surface area contributed by atoms with Gasteiger partial charge in [-0.05, 0) is 36.3 Å². The standard InChI is InChI=1S/C16H20N2O3S/c1-10(7-13-11(2)8-16(19)18-17-13)12-5-6-15(22(4)20)14(9-12)21-3/h5-7,9,11H,8H2,1-4H3,(H,18,19). The number of ether oxygens (including phenoxy) is 1. The van der Waals surface area contributed by atoms with Crippen molar-refractivity contribution in [2.75, 3.05) is 13.4 Å². The second-order valence-corrected chi connectivity index (χ2v) is 6.67. The Kier molecular flexibility index (Phi) is 5.13. The van der Waals surface area contributed by atoms with E-state index in [9.17, 15) is 9.00 Å². The summed E-state index contributed by atoms with van der Waals surface area (Å²) in [5, 5.41) is 4.11. The van der Waals surface area contributed by atoms with Crippen LogP contribution in [0.4, 0.5) is 0 Å². The zero-order valence-electron chi connectivity index (χ0n) is 13.2. The third-order valence-corrected chi connectivity index (χ3v) is 4.56. The smallest absolute Gasteiger partial charge is 0.240 e. The molecule has 6 heteroatoms. The summed E-state index contributed by atoms with van der Waals surface area (Å²) >= 11 is 0. The molecule has 1 aromatic rings. The number of hydrogen-bond donors (Lipinski definition) is 1. The molecule has 0 saturated heterocycles. The number of rotatable bonds is 4. The molecule has 0 bridgehead atoms. The molecule has 1 amide bonds. The largest absolute Gasteiger partial charge is 0.495 e. The molecule has 5 nitrogen and oxygen atoms in total. The molecule has 1 heterocycles. The predicted molar refractivity (Wildman–Crippen MR) is 88.3 cm³/mol. The third kappa shape index (κ3) is 3.62. The highest BCUT2D eigenvalue weighted by molar-refractivity contribution is 7.84. The van der Waals surface area contributed by atoms with Gasteiger partial charge in [-0.3, -0.25) is 9.00 Å². The van der Waals surface area contributed by atoms with E-state index in [0.29, 0.717) is 17.1 Å². The molecule has 0 saturated carbocycles. The monoisotopic (exact) mass is 320 g/mol. The highest BCUT2D eigenvalue weighted by Gasteiger charge is 2.19. The number of nitrogens with zero attached hydrogens (tertiary/aromatic N) is 1.